The lowest BCUT2D eigenvalue weighted by atomic mass is 9.77. The number of benzene rings is 3. The summed E-state index contributed by atoms with van der Waals surface area (Å²) in [6.07, 6.45) is 4.11. The van der Waals surface area contributed by atoms with Gasteiger partial charge in [0.15, 0.2) is 0 Å². The summed E-state index contributed by atoms with van der Waals surface area (Å²) in [7, 11) is 0. The van der Waals surface area contributed by atoms with Crippen molar-refractivity contribution in [2.75, 3.05) is 0 Å². The maximum absolute atomic E-state index is 9.08. The molecule has 4 aromatic rings. The molecule has 0 aliphatic rings. The van der Waals surface area contributed by atoms with E-state index < -0.39 is 5.54 Å². The molecule has 0 fully saturated rings. The lowest BCUT2D eigenvalue weighted by molar-refractivity contribution is 0.514. The molecule has 3 aromatic carbocycles. The number of nitriles is 1. The second-order valence-electron chi connectivity index (χ2n) is 6.42. The molecule has 0 spiro atoms. The van der Waals surface area contributed by atoms with Crippen molar-refractivity contribution >= 4 is 0 Å². The third-order valence-corrected chi connectivity index (χ3v) is 4.86. The van der Waals surface area contributed by atoms with Crippen molar-refractivity contribution in [3.05, 3.63) is 126 Å². The molecule has 3 heteroatoms. The van der Waals surface area contributed by atoms with Gasteiger partial charge < -0.3 is 4.57 Å². The van der Waals surface area contributed by atoms with Gasteiger partial charge in [0.1, 0.15) is 5.54 Å². The van der Waals surface area contributed by atoms with E-state index in [0.29, 0.717) is 6.42 Å². The molecule has 0 aliphatic carbocycles. The Morgan fingerprint density at radius 3 is 1.59 bits per heavy atom. The highest BCUT2D eigenvalue weighted by molar-refractivity contribution is 5.50. The zero-order valence-electron chi connectivity index (χ0n) is 14.9. The van der Waals surface area contributed by atoms with Crippen LogP contribution in [0.4, 0.5) is 0 Å². The van der Waals surface area contributed by atoms with Gasteiger partial charge in [-0.25, -0.2) is 4.98 Å². The average Bonchev–Trinajstić information content (AvgIpc) is 3.20. The minimum Gasteiger partial charge on any atom is -0.319 e. The van der Waals surface area contributed by atoms with E-state index in [1.165, 1.54) is 0 Å². The summed E-state index contributed by atoms with van der Waals surface area (Å²) < 4.78 is 2.12. The Morgan fingerprint density at radius 2 is 1.19 bits per heavy atom. The first-order valence-corrected chi connectivity index (χ1v) is 8.92. The van der Waals surface area contributed by atoms with Crippen molar-refractivity contribution in [1.82, 2.24) is 9.55 Å². The van der Waals surface area contributed by atoms with E-state index in [4.69, 9.17) is 5.26 Å². The van der Waals surface area contributed by atoms with E-state index in [2.05, 4.69) is 88.4 Å². The Hall–Kier alpha value is -3.64. The van der Waals surface area contributed by atoms with Gasteiger partial charge in [-0.3, -0.25) is 0 Å². The Labute approximate surface area is 159 Å². The van der Waals surface area contributed by atoms with Gasteiger partial charge in [-0.05, 0) is 16.7 Å². The van der Waals surface area contributed by atoms with Crippen molar-refractivity contribution in [2.24, 2.45) is 0 Å². The molecule has 27 heavy (non-hydrogen) atoms. The molecule has 0 unspecified atom stereocenters. The zero-order valence-corrected chi connectivity index (χ0v) is 14.9. The van der Waals surface area contributed by atoms with E-state index in [1.807, 2.05) is 30.7 Å². The van der Waals surface area contributed by atoms with Gasteiger partial charge in [0.05, 0.1) is 24.5 Å². The summed E-state index contributed by atoms with van der Waals surface area (Å²) in [6, 6.07) is 33.5. The molecule has 130 valence electrons. The number of hydrogen-bond donors (Lipinski definition) is 0. The average molecular weight is 349 g/mol. The van der Waals surface area contributed by atoms with Gasteiger partial charge in [-0.1, -0.05) is 91.0 Å². The smallest absolute Gasteiger partial charge is 0.121 e. The summed E-state index contributed by atoms with van der Waals surface area (Å²) in [5, 5.41) is 9.08. The Balaban J connectivity index is 2.08. The van der Waals surface area contributed by atoms with Crippen LogP contribution in [0.3, 0.4) is 0 Å². The molecule has 4 rings (SSSR count). The first-order chi connectivity index (χ1) is 13.4. The highest BCUT2D eigenvalue weighted by atomic mass is 15.1. The molecule has 0 aliphatic heterocycles. The van der Waals surface area contributed by atoms with Crippen LogP contribution in [0.2, 0.25) is 0 Å². The molecule has 0 atom stereocenters. The number of rotatable bonds is 5. The summed E-state index contributed by atoms with van der Waals surface area (Å²) in [5.41, 5.74) is 3.63. The predicted molar refractivity (Wildman–Crippen MR) is 106 cm³/mol. The predicted octanol–water partition coefficient (Wildman–Crippen LogP) is 4.79. The largest absolute Gasteiger partial charge is 0.319 e. The van der Waals surface area contributed by atoms with E-state index in [-0.39, 0.29) is 0 Å². The van der Waals surface area contributed by atoms with E-state index in [1.54, 1.807) is 0 Å². The molecule has 0 saturated heterocycles. The summed E-state index contributed by atoms with van der Waals surface area (Å²) in [4.78, 5) is 4.49. The van der Waals surface area contributed by atoms with Crippen LogP contribution in [-0.4, -0.2) is 9.55 Å². The SMILES string of the molecule is N#CCc1cn(C(c2ccccc2)(c2ccccc2)c2ccccc2)cn1. The first-order valence-electron chi connectivity index (χ1n) is 8.92. The molecular weight excluding hydrogens is 330 g/mol. The molecule has 1 heterocycles. The van der Waals surface area contributed by atoms with Gasteiger partial charge in [0, 0.05) is 6.20 Å². The topological polar surface area (TPSA) is 41.6 Å². The van der Waals surface area contributed by atoms with Gasteiger partial charge >= 0.3 is 0 Å². The molecule has 3 nitrogen and oxygen atoms in total. The maximum Gasteiger partial charge on any atom is 0.121 e. The number of aromatic nitrogens is 2. The standard InChI is InChI=1S/C24H19N3/c25-17-16-23-18-27(19-26-23)24(20-10-4-1-5-11-20,21-12-6-2-7-13-21)22-14-8-3-9-15-22/h1-15,18-19H,16H2. The molecule has 0 radical (unpaired) electrons. The summed E-state index contributed by atoms with van der Waals surface area (Å²) in [6.45, 7) is 0. The minimum absolute atomic E-state index is 0.293. The van der Waals surface area contributed by atoms with Crippen LogP contribution in [0.5, 0.6) is 0 Å². The monoisotopic (exact) mass is 349 g/mol. The number of imidazole rings is 1. The lowest BCUT2D eigenvalue weighted by Gasteiger charge is -2.37. The lowest BCUT2D eigenvalue weighted by Crippen LogP contribution is -2.36. The van der Waals surface area contributed by atoms with Gasteiger partial charge in [0.25, 0.3) is 0 Å². The van der Waals surface area contributed by atoms with Crippen molar-refractivity contribution < 1.29 is 0 Å². The van der Waals surface area contributed by atoms with Crippen LogP contribution in [0.1, 0.15) is 22.4 Å². The third-order valence-electron chi connectivity index (χ3n) is 4.86. The van der Waals surface area contributed by atoms with Gasteiger partial charge in [0.2, 0.25) is 0 Å². The fourth-order valence-electron chi connectivity index (χ4n) is 3.70. The Kier molecular flexibility index (Phi) is 4.55. The Bertz CT molecular complexity index is 948. The zero-order chi connectivity index (χ0) is 18.5. The minimum atomic E-state index is -0.565. The normalized spacial score (nSPS) is 11.1. The fraction of sp³-hybridized carbons (Fsp3) is 0.0833. The van der Waals surface area contributed by atoms with Crippen molar-refractivity contribution in [3.63, 3.8) is 0 Å². The van der Waals surface area contributed by atoms with E-state index in [9.17, 15) is 0 Å². The molecule has 0 bridgehead atoms. The Morgan fingerprint density at radius 1 is 0.741 bits per heavy atom. The maximum atomic E-state index is 9.08. The van der Waals surface area contributed by atoms with Gasteiger partial charge in [-0.15, -0.1) is 0 Å². The van der Waals surface area contributed by atoms with Crippen LogP contribution in [0.25, 0.3) is 0 Å². The molecule has 0 amide bonds. The molecular formula is C24H19N3. The second kappa shape index (κ2) is 7.31. The quantitative estimate of drug-likeness (QED) is 0.486. The van der Waals surface area contributed by atoms with Crippen LogP contribution in [-0.2, 0) is 12.0 Å². The van der Waals surface area contributed by atoms with Crippen molar-refractivity contribution in [2.45, 2.75) is 12.0 Å². The molecule has 0 saturated carbocycles. The number of nitrogens with zero attached hydrogens (tertiary/aromatic N) is 3. The molecule has 0 N–H and O–H groups in total. The van der Waals surface area contributed by atoms with E-state index >= 15 is 0 Å². The first kappa shape index (κ1) is 16.8. The highest BCUT2D eigenvalue weighted by Crippen LogP contribution is 2.40. The van der Waals surface area contributed by atoms with Crippen LogP contribution < -0.4 is 0 Å². The van der Waals surface area contributed by atoms with Crippen molar-refractivity contribution in [1.29, 1.82) is 5.26 Å². The van der Waals surface area contributed by atoms with Crippen LogP contribution >= 0.6 is 0 Å². The highest BCUT2D eigenvalue weighted by Gasteiger charge is 2.38. The van der Waals surface area contributed by atoms with Crippen LogP contribution in [0.15, 0.2) is 104 Å². The second-order valence-corrected chi connectivity index (χ2v) is 6.42. The summed E-state index contributed by atoms with van der Waals surface area (Å²) >= 11 is 0. The summed E-state index contributed by atoms with van der Waals surface area (Å²) in [5.74, 6) is 0. The molecule has 1 aromatic heterocycles. The third kappa shape index (κ3) is 2.92. The van der Waals surface area contributed by atoms with Gasteiger partial charge in [-0.2, -0.15) is 5.26 Å². The van der Waals surface area contributed by atoms with Crippen molar-refractivity contribution in [3.8, 4) is 6.07 Å². The fourth-order valence-corrected chi connectivity index (χ4v) is 3.70. The van der Waals surface area contributed by atoms with E-state index in [0.717, 1.165) is 22.4 Å². The van der Waals surface area contributed by atoms with Crippen LogP contribution in [0, 0.1) is 11.3 Å². The number of hydrogen-bond acceptors (Lipinski definition) is 2.